The Morgan fingerprint density at radius 3 is 2.57 bits per heavy atom. The van der Waals surface area contributed by atoms with Crippen LogP contribution in [-0.2, 0) is 17.9 Å². The highest BCUT2D eigenvalue weighted by molar-refractivity contribution is 6.42. The van der Waals surface area contributed by atoms with Crippen molar-refractivity contribution in [1.82, 2.24) is 19.6 Å². The smallest absolute Gasteiger partial charge is 0.325 e. The van der Waals surface area contributed by atoms with Crippen molar-refractivity contribution in [1.29, 1.82) is 0 Å². The quantitative estimate of drug-likeness (QED) is 0.634. The van der Waals surface area contributed by atoms with Gasteiger partial charge >= 0.3 is 5.97 Å². The first kappa shape index (κ1) is 19.9. The van der Waals surface area contributed by atoms with Crippen LogP contribution in [0.4, 0.5) is 5.69 Å². The van der Waals surface area contributed by atoms with Gasteiger partial charge in [0.05, 0.1) is 33.7 Å². The van der Waals surface area contributed by atoms with Crippen LogP contribution in [0.5, 0.6) is 0 Å². The van der Waals surface area contributed by atoms with Gasteiger partial charge in [-0.15, -0.1) is 0 Å². The lowest BCUT2D eigenvalue weighted by atomic mass is 10.2. The molecule has 2 N–H and O–H groups in total. The number of benzene rings is 1. The minimum absolute atomic E-state index is 0.151. The van der Waals surface area contributed by atoms with Gasteiger partial charge in [-0.25, -0.2) is 4.68 Å². The molecule has 0 saturated heterocycles. The first-order valence-electron chi connectivity index (χ1n) is 8.29. The maximum absolute atomic E-state index is 12.6. The number of carboxylic acids is 1. The number of hydrogen-bond acceptors (Lipinski definition) is 4. The van der Waals surface area contributed by atoms with Gasteiger partial charge < -0.3 is 10.4 Å². The fourth-order valence-corrected chi connectivity index (χ4v) is 3.12. The van der Waals surface area contributed by atoms with Gasteiger partial charge in [-0.05, 0) is 37.6 Å². The Kier molecular flexibility index (Phi) is 5.71. The topological polar surface area (TPSA) is 102 Å². The van der Waals surface area contributed by atoms with Crippen LogP contribution in [0, 0.1) is 13.8 Å². The van der Waals surface area contributed by atoms with Crippen molar-refractivity contribution in [3.63, 3.8) is 0 Å². The average molecular weight is 422 g/mol. The number of rotatable bonds is 6. The predicted molar refractivity (Wildman–Crippen MR) is 105 cm³/mol. The number of hydrogen-bond donors (Lipinski definition) is 2. The Balaban J connectivity index is 1.82. The van der Waals surface area contributed by atoms with Gasteiger partial charge in [-0.3, -0.25) is 14.3 Å². The zero-order chi connectivity index (χ0) is 20.4. The fourth-order valence-electron chi connectivity index (χ4n) is 2.80. The second-order valence-electron chi connectivity index (χ2n) is 6.17. The largest absolute Gasteiger partial charge is 0.480 e. The van der Waals surface area contributed by atoms with E-state index in [9.17, 15) is 9.59 Å². The molecule has 0 aliphatic heterocycles. The maximum atomic E-state index is 12.6. The molecular formula is C18H17Cl2N5O3. The van der Waals surface area contributed by atoms with Gasteiger partial charge in [0, 0.05) is 6.20 Å². The van der Waals surface area contributed by atoms with E-state index in [1.54, 1.807) is 23.7 Å². The fraction of sp³-hybridized carbons (Fsp3) is 0.222. The number of carbonyl (C=O) groups excluding carboxylic acids is 1. The van der Waals surface area contributed by atoms with Gasteiger partial charge in [0.2, 0.25) is 0 Å². The molecule has 0 radical (unpaired) electrons. The van der Waals surface area contributed by atoms with Gasteiger partial charge in [0.25, 0.3) is 5.91 Å². The molecule has 3 rings (SSSR count). The number of anilines is 1. The molecule has 1 amide bonds. The van der Waals surface area contributed by atoms with E-state index in [0.717, 1.165) is 15.9 Å². The second kappa shape index (κ2) is 8.04. The molecule has 0 aliphatic rings. The van der Waals surface area contributed by atoms with Crippen molar-refractivity contribution in [2.75, 3.05) is 5.32 Å². The summed E-state index contributed by atoms with van der Waals surface area (Å²) in [5.74, 6) is -1.54. The summed E-state index contributed by atoms with van der Waals surface area (Å²) in [6, 6.07) is 6.80. The normalized spacial score (nSPS) is 10.9. The lowest BCUT2D eigenvalue weighted by Gasteiger charge is -2.09. The highest BCUT2D eigenvalue weighted by Crippen LogP contribution is 2.25. The zero-order valence-electron chi connectivity index (χ0n) is 15.1. The van der Waals surface area contributed by atoms with E-state index in [0.29, 0.717) is 28.0 Å². The molecular weight excluding hydrogens is 405 g/mol. The highest BCUT2D eigenvalue weighted by atomic mass is 35.5. The van der Waals surface area contributed by atoms with Crippen molar-refractivity contribution < 1.29 is 14.7 Å². The van der Waals surface area contributed by atoms with Crippen molar-refractivity contribution in [3.8, 4) is 0 Å². The molecule has 0 bridgehead atoms. The van der Waals surface area contributed by atoms with E-state index in [1.165, 1.54) is 12.3 Å². The van der Waals surface area contributed by atoms with E-state index in [-0.39, 0.29) is 5.69 Å². The molecule has 0 spiro atoms. The number of carbonyl (C=O) groups is 2. The molecule has 0 aliphatic carbocycles. The molecule has 2 aromatic heterocycles. The molecule has 0 fully saturated rings. The van der Waals surface area contributed by atoms with Crippen LogP contribution in [0.15, 0.2) is 30.5 Å². The highest BCUT2D eigenvalue weighted by Gasteiger charge is 2.19. The maximum Gasteiger partial charge on any atom is 0.325 e. The monoisotopic (exact) mass is 421 g/mol. The Morgan fingerprint density at radius 2 is 1.89 bits per heavy atom. The van der Waals surface area contributed by atoms with Crippen molar-refractivity contribution >= 4 is 40.8 Å². The lowest BCUT2D eigenvalue weighted by Crippen LogP contribution is -2.21. The third-order valence-corrected chi connectivity index (χ3v) is 4.91. The molecule has 2 heterocycles. The second-order valence-corrected chi connectivity index (χ2v) is 6.99. The Hall–Kier alpha value is -2.84. The summed E-state index contributed by atoms with van der Waals surface area (Å²) < 4.78 is 2.88. The number of nitrogens with zero attached hydrogens (tertiary/aromatic N) is 4. The lowest BCUT2D eigenvalue weighted by molar-refractivity contribution is -0.137. The molecule has 1 aromatic carbocycles. The Labute approximate surface area is 170 Å². The third-order valence-electron chi connectivity index (χ3n) is 4.17. The van der Waals surface area contributed by atoms with Crippen molar-refractivity contribution in [3.05, 3.63) is 63.2 Å². The van der Waals surface area contributed by atoms with Crippen molar-refractivity contribution in [2.45, 2.75) is 26.9 Å². The summed E-state index contributed by atoms with van der Waals surface area (Å²) in [4.78, 5) is 23.5. The van der Waals surface area contributed by atoms with E-state index >= 15 is 0 Å². The van der Waals surface area contributed by atoms with E-state index < -0.39 is 18.4 Å². The molecule has 10 heteroatoms. The van der Waals surface area contributed by atoms with Gasteiger partial charge in [-0.2, -0.15) is 10.2 Å². The average Bonchev–Trinajstić information content (AvgIpc) is 3.17. The number of aryl methyl sites for hydroxylation is 1. The van der Waals surface area contributed by atoms with Gasteiger partial charge in [-0.1, -0.05) is 29.3 Å². The number of aliphatic carboxylic acids is 1. The number of carboxylic acid groups (broad SMARTS) is 1. The van der Waals surface area contributed by atoms with Gasteiger partial charge in [0.1, 0.15) is 12.2 Å². The Bertz CT molecular complexity index is 1060. The van der Waals surface area contributed by atoms with E-state index in [4.69, 9.17) is 28.3 Å². The van der Waals surface area contributed by atoms with Gasteiger partial charge in [0.15, 0.2) is 0 Å². The first-order chi connectivity index (χ1) is 13.3. The summed E-state index contributed by atoms with van der Waals surface area (Å²) in [6.07, 6.45) is 1.38. The molecule has 146 valence electrons. The minimum Gasteiger partial charge on any atom is -0.480 e. The van der Waals surface area contributed by atoms with Crippen LogP contribution in [0.3, 0.4) is 0 Å². The molecule has 0 saturated carbocycles. The van der Waals surface area contributed by atoms with E-state index in [1.807, 2.05) is 13.0 Å². The summed E-state index contributed by atoms with van der Waals surface area (Å²) in [6.45, 7) is 3.67. The molecule has 8 nitrogen and oxygen atoms in total. The minimum atomic E-state index is -1.08. The summed E-state index contributed by atoms with van der Waals surface area (Å²) >= 11 is 12.0. The van der Waals surface area contributed by atoms with Crippen LogP contribution < -0.4 is 5.32 Å². The summed E-state index contributed by atoms with van der Waals surface area (Å²) in [5.41, 5.74) is 3.01. The van der Waals surface area contributed by atoms with Crippen LogP contribution in [0.2, 0.25) is 10.0 Å². The van der Waals surface area contributed by atoms with E-state index in [2.05, 4.69) is 15.5 Å². The van der Waals surface area contributed by atoms with Crippen LogP contribution >= 0.6 is 23.2 Å². The number of amides is 1. The molecule has 3 aromatic rings. The standard InChI is InChI=1S/C18H17Cl2N5O3/c1-10-17(22-18(28)15-5-6-21-25(15)9-16(26)27)11(2)24(23-10)8-12-3-4-13(19)14(20)7-12/h3-7H,8-9H2,1-2H3,(H,22,28)(H,26,27). The van der Waals surface area contributed by atoms with Crippen LogP contribution in [0.1, 0.15) is 27.4 Å². The number of halogens is 2. The Morgan fingerprint density at radius 1 is 1.14 bits per heavy atom. The predicted octanol–water partition coefficient (Wildman–Crippen LogP) is 3.39. The molecule has 28 heavy (non-hydrogen) atoms. The molecule has 0 unspecified atom stereocenters. The number of nitrogens with one attached hydrogen (secondary N) is 1. The zero-order valence-corrected chi connectivity index (χ0v) is 16.6. The van der Waals surface area contributed by atoms with Crippen LogP contribution in [-0.4, -0.2) is 36.5 Å². The summed E-state index contributed by atoms with van der Waals surface area (Å²) in [7, 11) is 0. The SMILES string of the molecule is Cc1nn(Cc2ccc(Cl)c(Cl)c2)c(C)c1NC(=O)c1ccnn1CC(=O)O. The van der Waals surface area contributed by atoms with Crippen molar-refractivity contribution in [2.24, 2.45) is 0 Å². The van der Waals surface area contributed by atoms with Crippen LogP contribution in [0.25, 0.3) is 0 Å². The third kappa shape index (κ3) is 4.18. The number of aromatic nitrogens is 4. The molecule has 0 atom stereocenters. The first-order valence-corrected chi connectivity index (χ1v) is 9.04. The summed E-state index contributed by atoms with van der Waals surface area (Å²) in [5, 5.41) is 21.0.